The smallest absolute Gasteiger partial charge is 0.137 e. The number of hydrogen-bond donors (Lipinski definition) is 0. The minimum atomic E-state index is -0.842. The van der Waals surface area contributed by atoms with Crippen LogP contribution in [0.25, 0.3) is 11.1 Å². The van der Waals surface area contributed by atoms with Crippen molar-refractivity contribution in [2.45, 2.75) is 57.8 Å². The Morgan fingerprint density at radius 1 is 0.966 bits per heavy atom. The van der Waals surface area contributed by atoms with E-state index in [0.29, 0.717) is 29.9 Å². The largest absolute Gasteiger partial charge is 0.207 e. The fourth-order valence-corrected chi connectivity index (χ4v) is 5.21. The van der Waals surface area contributed by atoms with Gasteiger partial charge in [-0.05, 0) is 91.2 Å². The van der Waals surface area contributed by atoms with E-state index in [-0.39, 0.29) is 17.0 Å². The number of fused-ring (bicyclic) bond motifs is 3. The van der Waals surface area contributed by atoms with E-state index in [0.717, 1.165) is 56.2 Å². The highest BCUT2D eigenvalue weighted by Crippen LogP contribution is 2.49. The maximum absolute atomic E-state index is 15.3. The standard InChI is InChI=1S/C25H26F4/c1-2-3-4-5-15-6-8-20-16(10-15)7-9-21-22(20)14-23(28)24(25(21)29)17-11-18(26)13-19(27)12-17/h4-5,11-16,20H,2-3,6-10H2,1H3/b5-4+/t15-,16-,20+/m1/s1. The molecule has 2 aliphatic rings. The van der Waals surface area contributed by atoms with Gasteiger partial charge in [-0.3, -0.25) is 0 Å². The molecule has 2 aromatic carbocycles. The minimum absolute atomic E-state index is 0.0906. The number of unbranched alkanes of at least 4 members (excludes halogenated alkanes) is 1. The fraction of sp³-hybridized carbons (Fsp3) is 0.440. The molecule has 154 valence electrons. The van der Waals surface area contributed by atoms with Gasteiger partial charge in [0.15, 0.2) is 0 Å². The molecule has 0 N–H and O–H groups in total. The maximum Gasteiger partial charge on any atom is 0.137 e. The van der Waals surface area contributed by atoms with Gasteiger partial charge in [0.1, 0.15) is 23.3 Å². The highest BCUT2D eigenvalue weighted by Gasteiger charge is 2.37. The molecule has 0 unspecified atom stereocenters. The Kier molecular flexibility index (Phi) is 5.80. The molecule has 0 saturated heterocycles. The molecule has 0 bridgehead atoms. The summed E-state index contributed by atoms with van der Waals surface area (Å²) in [7, 11) is 0. The first kappa shape index (κ1) is 20.2. The topological polar surface area (TPSA) is 0 Å². The quantitative estimate of drug-likeness (QED) is 0.363. The number of hydrogen-bond acceptors (Lipinski definition) is 0. The van der Waals surface area contributed by atoms with E-state index in [2.05, 4.69) is 19.1 Å². The van der Waals surface area contributed by atoms with Gasteiger partial charge in [-0.1, -0.05) is 25.5 Å². The van der Waals surface area contributed by atoms with Gasteiger partial charge in [0.25, 0.3) is 0 Å². The molecule has 1 saturated carbocycles. The summed E-state index contributed by atoms with van der Waals surface area (Å²) in [6.45, 7) is 2.16. The van der Waals surface area contributed by atoms with Crippen LogP contribution >= 0.6 is 0 Å². The van der Waals surface area contributed by atoms with Gasteiger partial charge in [-0.15, -0.1) is 0 Å². The minimum Gasteiger partial charge on any atom is -0.207 e. The van der Waals surface area contributed by atoms with Crippen molar-refractivity contribution in [3.8, 4) is 11.1 Å². The number of rotatable bonds is 4. The van der Waals surface area contributed by atoms with Crippen LogP contribution < -0.4 is 0 Å². The van der Waals surface area contributed by atoms with E-state index in [4.69, 9.17) is 0 Å². The second-order valence-electron chi connectivity index (χ2n) is 8.47. The van der Waals surface area contributed by atoms with E-state index in [9.17, 15) is 13.2 Å². The van der Waals surface area contributed by atoms with Crippen LogP contribution in [0.3, 0.4) is 0 Å². The lowest BCUT2D eigenvalue weighted by Crippen LogP contribution is -2.28. The molecule has 4 heteroatoms. The molecule has 0 radical (unpaired) electrons. The van der Waals surface area contributed by atoms with E-state index < -0.39 is 23.3 Å². The van der Waals surface area contributed by atoms with E-state index in [1.807, 2.05) is 0 Å². The van der Waals surface area contributed by atoms with Crippen LogP contribution in [-0.4, -0.2) is 0 Å². The average molecular weight is 402 g/mol. The SMILES string of the molecule is CCC/C=C/[C@@H]1CC[C@@H]2c3cc(F)c(-c4cc(F)cc(F)c4)c(F)c3CC[C@@H]2C1. The summed E-state index contributed by atoms with van der Waals surface area (Å²) in [4.78, 5) is 0. The van der Waals surface area contributed by atoms with Crippen LogP contribution in [0.2, 0.25) is 0 Å². The zero-order valence-electron chi connectivity index (χ0n) is 16.7. The second-order valence-corrected chi connectivity index (χ2v) is 8.47. The fourth-order valence-electron chi connectivity index (χ4n) is 5.21. The summed E-state index contributed by atoms with van der Waals surface area (Å²) < 4.78 is 57.4. The molecule has 0 nitrogen and oxygen atoms in total. The van der Waals surface area contributed by atoms with Crippen molar-refractivity contribution in [1.29, 1.82) is 0 Å². The molecule has 2 aliphatic carbocycles. The predicted molar refractivity (Wildman–Crippen MR) is 108 cm³/mol. The van der Waals surface area contributed by atoms with Crippen LogP contribution in [0.4, 0.5) is 17.6 Å². The van der Waals surface area contributed by atoms with Gasteiger partial charge in [0.05, 0.1) is 5.56 Å². The first-order valence-electron chi connectivity index (χ1n) is 10.6. The van der Waals surface area contributed by atoms with Gasteiger partial charge in [-0.2, -0.15) is 0 Å². The van der Waals surface area contributed by atoms with Crippen LogP contribution in [0.5, 0.6) is 0 Å². The molecular weight excluding hydrogens is 376 g/mol. The Morgan fingerprint density at radius 3 is 2.45 bits per heavy atom. The molecule has 29 heavy (non-hydrogen) atoms. The van der Waals surface area contributed by atoms with Crippen LogP contribution in [-0.2, 0) is 6.42 Å². The van der Waals surface area contributed by atoms with Crippen molar-refractivity contribution in [3.63, 3.8) is 0 Å². The van der Waals surface area contributed by atoms with Crippen LogP contribution in [0.1, 0.15) is 62.5 Å². The molecule has 0 heterocycles. The maximum atomic E-state index is 15.3. The van der Waals surface area contributed by atoms with Crippen molar-refractivity contribution in [2.75, 3.05) is 0 Å². The first-order chi connectivity index (χ1) is 14.0. The summed E-state index contributed by atoms with van der Waals surface area (Å²) in [5, 5.41) is 0. The highest BCUT2D eigenvalue weighted by molar-refractivity contribution is 5.67. The van der Waals surface area contributed by atoms with E-state index in [1.165, 1.54) is 6.07 Å². The lowest BCUT2D eigenvalue weighted by atomic mass is 9.65. The van der Waals surface area contributed by atoms with Gasteiger partial charge < -0.3 is 0 Å². The van der Waals surface area contributed by atoms with Gasteiger partial charge in [-0.25, -0.2) is 17.6 Å². The van der Waals surface area contributed by atoms with Gasteiger partial charge >= 0.3 is 0 Å². The molecule has 0 aliphatic heterocycles. The van der Waals surface area contributed by atoms with Crippen molar-refractivity contribution < 1.29 is 17.6 Å². The van der Waals surface area contributed by atoms with Crippen LogP contribution in [0, 0.1) is 35.1 Å². The summed E-state index contributed by atoms with van der Waals surface area (Å²) in [5.41, 5.74) is 0.865. The molecule has 3 atom stereocenters. The third kappa shape index (κ3) is 3.99. The second kappa shape index (κ2) is 8.33. The van der Waals surface area contributed by atoms with E-state index in [1.54, 1.807) is 0 Å². The van der Waals surface area contributed by atoms with Crippen LogP contribution in [0.15, 0.2) is 36.4 Å². The molecule has 2 aromatic rings. The average Bonchev–Trinajstić information content (AvgIpc) is 2.67. The zero-order chi connectivity index (χ0) is 20.5. The molecule has 0 spiro atoms. The van der Waals surface area contributed by atoms with Gasteiger partial charge in [0.2, 0.25) is 0 Å². The summed E-state index contributed by atoms with van der Waals surface area (Å²) in [6.07, 6.45) is 11.2. The Morgan fingerprint density at radius 2 is 1.72 bits per heavy atom. The highest BCUT2D eigenvalue weighted by atomic mass is 19.1. The van der Waals surface area contributed by atoms with E-state index >= 15 is 4.39 Å². The molecule has 1 fully saturated rings. The molecule has 0 aromatic heterocycles. The van der Waals surface area contributed by atoms with Gasteiger partial charge in [0, 0.05) is 6.07 Å². The predicted octanol–water partition coefficient (Wildman–Crippen LogP) is 7.71. The van der Waals surface area contributed by atoms with Crippen molar-refractivity contribution in [2.24, 2.45) is 11.8 Å². The zero-order valence-corrected chi connectivity index (χ0v) is 16.7. The molecular formula is C25H26F4. The monoisotopic (exact) mass is 402 g/mol. The first-order valence-corrected chi connectivity index (χ1v) is 10.6. The summed E-state index contributed by atoms with van der Waals surface area (Å²) in [6, 6.07) is 4.09. The van der Waals surface area contributed by atoms with Crippen molar-refractivity contribution >= 4 is 0 Å². The normalized spacial score (nSPS) is 23.8. The summed E-state index contributed by atoms with van der Waals surface area (Å²) in [5.74, 6) is -1.93. The lowest BCUT2D eigenvalue weighted by Gasteiger charge is -2.40. The Hall–Kier alpha value is -2.10. The Labute approximate surface area is 169 Å². The van der Waals surface area contributed by atoms with Crippen molar-refractivity contribution in [1.82, 2.24) is 0 Å². The number of benzene rings is 2. The number of allylic oxidation sites excluding steroid dienone is 2. The molecule has 4 rings (SSSR count). The number of halogens is 4. The molecule has 0 amide bonds. The third-order valence-corrected chi connectivity index (χ3v) is 6.56. The Balaban J connectivity index is 1.65. The van der Waals surface area contributed by atoms with Crippen molar-refractivity contribution in [3.05, 3.63) is 70.8 Å². The third-order valence-electron chi connectivity index (χ3n) is 6.56. The summed E-state index contributed by atoms with van der Waals surface area (Å²) >= 11 is 0. The Bertz CT molecular complexity index is 911. The lowest BCUT2D eigenvalue weighted by molar-refractivity contribution is 0.234.